The Morgan fingerprint density at radius 1 is 1.27 bits per heavy atom. The smallest absolute Gasteiger partial charge is 0.0588 e. The van der Waals surface area contributed by atoms with E-state index >= 15 is 0 Å². The number of fused-ring (bicyclic) bond motifs is 1. The molecule has 82 valence electrons. The topological polar surface area (TPSA) is 24.1 Å². The number of hydrogen-bond donors (Lipinski definition) is 2. The highest BCUT2D eigenvalue weighted by Crippen LogP contribution is 2.34. The highest BCUT2D eigenvalue weighted by atomic mass is 79.9. The van der Waals surface area contributed by atoms with Crippen molar-refractivity contribution in [1.82, 2.24) is 0 Å². The average molecular weight is 269 g/mol. The van der Waals surface area contributed by atoms with Crippen LogP contribution in [-0.2, 0) is 0 Å². The lowest BCUT2D eigenvalue weighted by Crippen LogP contribution is -2.46. The lowest BCUT2D eigenvalue weighted by Gasteiger charge is -2.39. The quantitative estimate of drug-likeness (QED) is 0.852. The molecule has 1 aliphatic heterocycles. The molecule has 0 amide bonds. The van der Waals surface area contributed by atoms with Crippen molar-refractivity contribution in [3.63, 3.8) is 0 Å². The van der Waals surface area contributed by atoms with Crippen molar-refractivity contribution in [1.29, 1.82) is 0 Å². The van der Waals surface area contributed by atoms with E-state index in [-0.39, 0.29) is 5.54 Å². The number of rotatable bonds is 2. The van der Waals surface area contributed by atoms with Crippen molar-refractivity contribution in [2.45, 2.75) is 32.2 Å². The van der Waals surface area contributed by atoms with E-state index in [2.05, 4.69) is 58.6 Å². The van der Waals surface area contributed by atoms with Crippen molar-refractivity contribution in [2.24, 2.45) is 0 Å². The highest BCUT2D eigenvalue weighted by molar-refractivity contribution is 9.10. The summed E-state index contributed by atoms with van der Waals surface area (Å²) < 4.78 is 1.12. The zero-order valence-corrected chi connectivity index (χ0v) is 10.8. The zero-order chi connectivity index (χ0) is 10.9. The molecule has 1 heterocycles. The van der Waals surface area contributed by atoms with Crippen LogP contribution in [0.15, 0.2) is 22.7 Å². The van der Waals surface area contributed by atoms with Gasteiger partial charge in [0.2, 0.25) is 0 Å². The minimum atomic E-state index is 0.223. The summed E-state index contributed by atoms with van der Waals surface area (Å²) in [4.78, 5) is 0. The first-order chi connectivity index (χ1) is 7.19. The molecule has 1 aromatic rings. The standard InChI is InChI=1S/C12H17BrN2/c1-3-12(4-2)8-14-11-7-9(13)5-6-10(11)15-12/h5-7,14-15H,3-4,8H2,1-2H3. The van der Waals surface area contributed by atoms with Crippen molar-refractivity contribution < 1.29 is 0 Å². The fourth-order valence-electron chi connectivity index (χ4n) is 2.04. The molecule has 15 heavy (non-hydrogen) atoms. The predicted octanol–water partition coefficient (Wildman–Crippen LogP) is 3.85. The van der Waals surface area contributed by atoms with E-state index in [0.717, 1.165) is 23.9 Å². The van der Waals surface area contributed by atoms with Crippen LogP contribution in [0.4, 0.5) is 11.4 Å². The van der Waals surface area contributed by atoms with Gasteiger partial charge in [0.05, 0.1) is 16.9 Å². The molecule has 0 saturated heterocycles. The molecule has 0 fully saturated rings. The largest absolute Gasteiger partial charge is 0.381 e. The maximum atomic E-state index is 3.65. The lowest BCUT2D eigenvalue weighted by atomic mass is 9.90. The minimum Gasteiger partial charge on any atom is -0.381 e. The molecule has 0 aliphatic carbocycles. The summed E-state index contributed by atoms with van der Waals surface area (Å²) >= 11 is 3.49. The van der Waals surface area contributed by atoms with Gasteiger partial charge < -0.3 is 10.6 Å². The van der Waals surface area contributed by atoms with Crippen molar-refractivity contribution in [3.8, 4) is 0 Å². The Kier molecular flexibility index (Phi) is 2.91. The van der Waals surface area contributed by atoms with Gasteiger partial charge in [0, 0.05) is 11.0 Å². The van der Waals surface area contributed by atoms with E-state index in [4.69, 9.17) is 0 Å². The second-order valence-electron chi connectivity index (χ2n) is 4.16. The molecule has 0 radical (unpaired) electrons. The first-order valence-corrected chi connectivity index (χ1v) is 6.30. The fraction of sp³-hybridized carbons (Fsp3) is 0.500. The molecule has 0 saturated carbocycles. The van der Waals surface area contributed by atoms with Gasteiger partial charge in [-0.05, 0) is 31.0 Å². The van der Waals surface area contributed by atoms with Gasteiger partial charge in [-0.25, -0.2) is 0 Å². The van der Waals surface area contributed by atoms with Crippen LogP contribution in [0.25, 0.3) is 0 Å². The highest BCUT2D eigenvalue weighted by Gasteiger charge is 2.29. The van der Waals surface area contributed by atoms with E-state index in [9.17, 15) is 0 Å². The average Bonchev–Trinajstić information content (AvgIpc) is 2.28. The van der Waals surface area contributed by atoms with E-state index in [1.165, 1.54) is 11.4 Å². The Morgan fingerprint density at radius 2 is 2.00 bits per heavy atom. The lowest BCUT2D eigenvalue weighted by molar-refractivity contribution is 0.451. The van der Waals surface area contributed by atoms with Gasteiger partial charge in [0.25, 0.3) is 0 Å². The Bertz CT molecular complexity index is 359. The van der Waals surface area contributed by atoms with Crippen LogP contribution in [0.1, 0.15) is 26.7 Å². The number of nitrogens with one attached hydrogen (secondary N) is 2. The Balaban J connectivity index is 2.30. The van der Waals surface area contributed by atoms with Crippen LogP contribution in [0, 0.1) is 0 Å². The number of benzene rings is 1. The number of anilines is 2. The molecule has 0 bridgehead atoms. The first-order valence-electron chi connectivity index (χ1n) is 5.51. The van der Waals surface area contributed by atoms with Crippen molar-refractivity contribution in [2.75, 3.05) is 17.2 Å². The van der Waals surface area contributed by atoms with Crippen LogP contribution >= 0.6 is 15.9 Å². The summed E-state index contributed by atoms with van der Waals surface area (Å²) in [5.41, 5.74) is 2.64. The molecule has 1 aromatic carbocycles. The third-order valence-corrected chi connectivity index (χ3v) is 3.85. The molecule has 0 atom stereocenters. The Hall–Kier alpha value is -0.700. The van der Waals surface area contributed by atoms with Gasteiger partial charge in [0.15, 0.2) is 0 Å². The van der Waals surface area contributed by atoms with E-state index in [1.807, 2.05) is 0 Å². The van der Waals surface area contributed by atoms with Crippen LogP contribution in [0.3, 0.4) is 0 Å². The summed E-state index contributed by atoms with van der Waals surface area (Å²) in [7, 11) is 0. The van der Waals surface area contributed by atoms with Crippen LogP contribution in [0.2, 0.25) is 0 Å². The van der Waals surface area contributed by atoms with Gasteiger partial charge >= 0.3 is 0 Å². The monoisotopic (exact) mass is 268 g/mol. The molecule has 2 nitrogen and oxygen atoms in total. The van der Waals surface area contributed by atoms with Gasteiger partial charge in [-0.2, -0.15) is 0 Å². The second kappa shape index (κ2) is 4.05. The molecule has 2 rings (SSSR count). The van der Waals surface area contributed by atoms with Gasteiger partial charge in [-0.15, -0.1) is 0 Å². The van der Waals surface area contributed by atoms with E-state index in [1.54, 1.807) is 0 Å². The SMILES string of the molecule is CCC1(CC)CNc2cc(Br)ccc2N1. The fourth-order valence-corrected chi connectivity index (χ4v) is 2.40. The molecular weight excluding hydrogens is 252 g/mol. The van der Waals surface area contributed by atoms with Crippen LogP contribution in [-0.4, -0.2) is 12.1 Å². The summed E-state index contributed by atoms with van der Waals surface area (Å²) in [5, 5.41) is 7.16. The van der Waals surface area contributed by atoms with Crippen LogP contribution < -0.4 is 10.6 Å². The minimum absolute atomic E-state index is 0.223. The summed E-state index contributed by atoms with van der Waals surface area (Å²) in [6.45, 7) is 5.48. The Morgan fingerprint density at radius 3 is 2.67 bits per heavy atom. The van der Waals surface area contributed by atoms with Crippen molar-refractivity contribution >= 4 is 27.3 Å². The summed E-state index contributed by atoms with van der Waals surface area (Å²) in [6, 6.07) is 6.33. The summed E-state index contributed by atoms with van der Waals surface area (Å²) in [5.74, 6) is 0. The third kappa shape index (κ3) is 1.98. The van der Waals surface area contributed by atoms with E-state index in [0.29, 0.717) is 0 Å². The first kappa shape index (κ1) is 10.8. The molecule has 1 aliphatic rings. The second-order valence-corrected chi connectivity index (χ2v) is 5.07. The molecule has 0 spiro atoms. The van der Waals surface area contributed by atoms with E-state index < -0.39 is 0 Å². The molecule has 0 unspecified atom stereocenters. The maximum Gasteiger partial charge on any atom is 0.0588 e. The summed E-state index contributed by atoms with van der Waals surface area (Å²) in [6.07, 6.45) is 2.29. The Labute approximate surface area is 99.6 Å². The van der Waals surface area contributed by atoms with Gasteiger partial charge in [-0.1, -0.05) is 29.8 Å². The predicted molar refractivity (Wildman–Crippen MR) is 69.6 cm³/mol. The number of halogens is 1. The van der Waals surface area contributed by atoms with Gasteiger partial charge in [-0.3, -0.25) is 0 Å². The normalized spacial score (nSPS) is 17.5. The van der Waals surface area contributed by atoms with Crippen molar-refractivity contribution in [3.05, 3.63) is 22.7 Å². The third-order valence-electron chi connectivity index (χ3n) is 3.35. The van der Waals surface area contributed by atoms with Crippen LogP contribution in [0.5, 0.6) is 0 Å². The van der Waals surface area contributed by atoms with Gasteiger partial charge in [0.1, 0.15) is 0 Å². The number of hydrogen-bond acceptors (Lipinski definition) is 2. The molecular formula is C12H17BrN2. The molecule has 0 aromatic heterocycles. The molecule has 2 N–H and O–H groups in total. The zero-order valence-electron chi connectivity index (χ0n) is 9.23. The maximum absolute atomic E-state index is 3.65. The molecule has 3 heteroatoms.